The molecule has 0 saturated carbocycles. The minimum Gasteiger partial charge on any atom is -0.339 e. The Morgan fingerprint density at radius 3 is 2.83 bits per heavy atom. The van der Waals surface area contributed by atoms with Gasteiger partial charge in [-0.2, -0.15) is 10.4 Å². The van der Waals surface area contributed by atoms with Crippen LogP contribution in [-0.4, -0.2) is 27.6 Å². The van der Waals surface area contributed by atoms with Crippen molar-refractivity contribution in [1.82, 2.24) is 20.5 Å². The number of aromatic nitrogens is 3. The van der Waals surface area contributed by atoms with Gasteiger partial charge in [0.05, 0.1) is 29.0 Å². The van der Waals surface area contributed by atoms with Crippen LogP contribution in [0, 0.1) is 17.1 Å². The standard InChI is InChI=1S/C23H18FN5O/c24-18-11-13(23(30)26-10-9-25)5-6-16(18)22-15-4-2-1-3-14(15)21-17-12-27-29-19(17)7-8-20(21)28-22/h5-8,11-12H,1-4,10H2,(H,26,30)(H,27,29). The van der Waals surface area contributed by atoms with Crippen LogP contribution in [-0.2, 0) is 12.8 Å². The molecule has 30 heavy (non-hydrogen) atoms. The number of carbonyl (C=O) groups excluding carboxylic acids is 1. The van der Waals surface area contributed by atoms with Gasteiger partial charge in [0.2, 0.25) is 0 Å². The number of benzene rings is 2. The van der Waals surface area contributed by atoms with E-state index in [1.54, 1.807) is 12.1 Å². The second-order valence-corrected chi connectivity index (χ2v) is 7.45. The summed E-state index contributed by atoms with van der Waals surface area (Å²) in [7, 11) is 0. The molecule has 2 heterocycles. The van der Waals surface area contributed by atoms with E-state index in [-0.39, 0.29) is 12.1 Å². The lowest BCUT2D eigenvalue weighted by atomic mass is 9.85. The van der Waals surface area contributed by atoms with Gasteiger partial charge in [-0.15, -0.1) is 0 Å². The lowest BCUT2D eigenvalue weighted by molar-refractivity contribution is 0.0958. The summed E-state index contributed by atoms with van der Waals surface area (Å²) in [5.74, 6) is -0.971. The molecule has 0 spiro atoms. The predicted octanol–water partition coefficient (Wildman–Crippen LogP) is 4.05. The first-order valence-corrected chi connectivity index (χ1v) is 9.90. The van der Waals surface area contributed by atoms with Crippen molar-refractivity contribution in [2.45, 2.75) is 25.7 Å². The lowest BCUT2D eigenvalue weighted by Gasteiger charge is -2.22. The summed E-state index contributed by atoms with van der Waals surface area (Å²) in [6.07, 6.45) is 5.70. The fourth-order valence-electron chi connectivity index (χ4n) is 4.34. The Balaban J connectivity index is 1.69. The van der Waals surface area contributed by atoms with Crippen LogP contribution in [0.4, 0.5) is 4.39 Å². The molecule has 0 bridgehead atoms. The molecule has 0 unspecified atom stereocenters. The first kappa shape index (κ1) is 18.3. The van der Waals surface area contributed by atoms with Crippen molar-refractivity contribution in [2.24, 2.45) is 0 Å². The molecule has 0 aliphatic heterocycles. The van der Waals surface area contributed by atoms with Crippen LogP contribution in [0.1, 0.15) is 34.3 Å². The Hall–Kier alpha value is -3.79. The SMILES string of the molecule is N#CCNC(=O)c1ccc(-c2nc3ccc4[nH]ncc4c3c3c2CCCC3)c(F)c1. The average Bonchev–Trinajstić information content (AvgIpc) is 3.25. The summed E-state index contributed by atoms with van der Waals surface area (Å²) in [6, 6.07) is 10.1. The molecular formula is C23H18FN5O. The van der Waals surface area contributed by atoms with E-state index in [4.69, 9.17) is 10.2 Å². The summed E-state index contributed by atoms with van der Waals surface area (Å²) in [6.45, 7) is -0.121. The molecule has 7 heteroatoms. The van der Waals surface area contributed by atoms with Crippen molar-refractivity contribution in [2.75, 3.05) is 6.54 Å². The van der Waals surface area contributed by atoms with Gasteiger partial charge in [-0.25, -0.2) is 9.37 Å². The summed E-state index contributed by atoms with van der Waals surface area (Å²) in [5, 5.41) is 20.3. The Kier molecular flexibility index (Phi) is 4.40. The monoisotopic (exact) mass is 399 g/mol. The Labute approximate surface area is 171 Å². The number of halogens is 1. The maximum atomic E-state index is 15.1. The molecule has 2 N–H and O–H groups in total. The van der Waals surface area contributed by atoms with Crippen molar-refractivity contribution < 1.29 is 9.18 Å². The number of aromatic amines is 1. The van der Waals surface area contributed by atoms with Crippen molar-refractivity contribution >= 4 is 27.7 Å². The minimum atomic E-state index is -0.497. The van der Waals surface area contributed by atoms with E-state index in [1.165, 1.54) is 11.6 Å². The Morgan fingerprint density at radius 1 is 1.20 bits per heavy atom. The number of nitriles is 1. The third-order valence-corrected chi connectivity index (χ3v) is 5.70. The maximum Gasteiger partial charge on any atom is 0.252 e. The van der Waals surface area contributed by atoms with Crippen molar-refractivity contribution in [1.29, 1.82) is 5.26 Å². The molecule has 0 radical (unpaired) electrons. The van der Waals surface area contributed by atoms with Crippen LogP contribution < -0.4 is 5.32 Å². The number of H-pyrrole nitrogens is 1. The molecule has 1 aliphatic carbocycles. The molecule has 148 valence electrons. The molecule has 6 nitrogen and oxygen atoms in total. The molecular weight excluding hydrogens is 381 g/mol. The van der Waals surface area contributed by atoms with Gasteiger partial charge in [0.25, 0.3) is 5.91 Å². The predicted molar refractivity (Wildman–Crippen MR) is 111 cm³/mol. The average molecular weight is 399 g/mol. The first-order chi connectivity index (χ1) is 14.7. The molecule has 1 amide bonds. The summed E-state index contributed by atoms with van der Waals surface area (Å²) >= 11 is 0. The molecule has 0 saturated heterocycles. The zero-order valence-electron chi connectivity index (χ0n) is 16.1. The van der Waals surface area contributed by atoms with Gasteiger partial charge < -0.3 is 5.32 Å². The number of rotatable bonds is 3. The number of amides is 1. The maximum absolute atomic E-state index is 15.1. The van der Waals surface area contributed by atoms with Gasteiger partial charge in [-0.3, -0.25) is 9.89 Å². The van der Waals surface area contributed by atoms with Crippen LogP contribution in [0.3, 0.4) is 0 Å². The second kappa shape index (κ2) is 7.23. The van der Waals surface area contributed by atoms with E-state index in [0.717, 1.165) is 53.1 Å². The zero-order valence-corrected chi connectivity index (χ0v) is 16.1. The molecule has 0 fully saturated rings. The number of hydrogen-bond donors (Lipinski definition) is 2. The van der Waals surface area contributed by atoms with Crippen molar-refractivity contribution in [3.05, 3.63) is 59.0 Å². The fourth-order valence-corrected chi connectivity index (χ4v) is 4.34. The smallest absolute Gasteiger partial charge is 0.252 e. The van der Waals surface area contributed by atoms with E-state index < -0.39 is 11.7 Å². The van der Waals surface area contributed by atoms with Crippen LogP contribution in [0.5, 0.6) is 0 Å². The van der Waals surface area contributed by atoms with Gasteiger partial charge >= 0.3 is 0 Å². The summed E-state index contributed by atoms with van der Waals surface area (Å²) < 4.78 is 15.1. The zero-order chi connectivity index (χ0) is 20.7. The second-order valence-electron chi connectivity index (χ2n) is 7.45. The van der Waals surface area contributed by atoms with Crippen LogP contribution in [0.25, 0.3) is 33.1 Å². The van der Waals surface area contributed by atoms with Gasteiger partial charge in [0.1, 0.15) is 12.4 Å². The van der Waals surface area contributed by atoms with Crippen molar-refractivity contribution in [3.63, 3.8) is 0 Å². The molecule has 0 atom stereocenters. The normalized spacial score (nSPS) is 13.2. The molecule has 2 aromatic carbocycles. The number of fused-ring (bicyclic) bond motifs is 5. The van der Waals surface area contributed by atoms with Crippen LogP contribution in [0.2, 0.25) is 0 Å². The Bertz CT molecular complexity index is 1350. The van der Waals surface area contributed by atoms with E-state index >= 15 is 4.39 Å². The highest BCUT2D eigenvalue weighted by molar-refractivity contribution is 6.07. The van der Waals surface area contributed by atoms with E-state index in [2.05, 4.69) is 15.5 Å². The number of nitrogens with zero attached hydrogens (tertiary/aromatic N) is 3. The minimum absolute atomic E-state index is 0.121. The largest absolute Gasteiger partial charge is 0.339 e. The number of aryl methyl sites for hydroxylation is 1. The van der Waals surface area contributed by atoms with Gasteiger partial charge in [0.15, 0.2) is 0 Å². The third-order valence-electron chi connectivity index (χ3n) is 5.70. The molecule has 4 aromatic rings. The summed E-state index contributed by atoms with van der Waals surface area (Å²) in [5.41, 5.74) is 5.27. The number of carbonyl (C=O) groups is 1. The third kappa shape index (κ3) is 2.89. The number of nitrogens with one attached hydrogen (secondary N) is 2. The van der Waals surface area contributed by atoms with Gasteiger partial charge in [0, 0.05) is 21.9 Å². The van der Waals surface area contributed by atoms with Gasteiger partial charge in [-0.05, 0) is 67.1 Å². The molecule has 1 aliphatic rings. The molecule has 5 rings (SSSR count). The van der Waals surface area contributed by atoms with E-state index in [0.29, 0.717) is 11.3 Å². The van der Waals surface area contributed by atoms with Crippen molar-refractivity contribution in [3.8, 4) is 17.3 Å². The lowest BCUT2D eigenvalue weighted by Crippen LogP contribution is -2.23. The Morgan fingerprint density at radius 2 is 2.03 bits per heavy atom. The van der Waals surface area contributed by atoms with Crippen LogP contribution >= 0.6 is 0 Å². The quantitative estimate of drug-likeness (QED) is 0.508. The topological polar surface area (TPSA) is 94.5 Å². The number of hydrogen-bond acceptors (Lipinski definition) is 4. The number of pyridine rings is 1. The molecule has 2 aromatic heterocycles. The van der Waals surface area contributed by atoms with E-state index in [9.17, 15) is 4.79 Å². The fraction of sp³-hybridized carbons (Fsp3) is 0.217. The van der Waals surface area contributed by atoms with Crippen LogP contribution in [0.15, 0.2) is 36.5 Å². The highest BCUT2D eigenvalue weighted by Gasteiger charge is 2.23. The summed E-state index contributed by atoms with van der Waals surface area (Å²) in [4.78, 5) is 16.9. The van der Waals surface area contributed by atoms with E-state index in [1.807, 2.05) is 24.4 Å². The highest BCUT2D eigenvalue weighted by Crippen LogP contribution is 2.38. The highest BCUT2D eigenvalue weighted by atomic mass is 19.1. The van der Waals surface area contributed by atoms with Gasteiger partial charge in [-0.1, -0.05) is 0 Å². The first-order valence-electron chi connectivity index (χ1n) is 9.90.